The maximum absolute atomic E-state index is 11.5. The van der Waals surface area contributed by atoms with Crippen molar-refractivity contribution in [3.8, 4) is 11.4 Å². The van der Waals surface area contributed by atoms with E-state index in [1.54, 1.807) is 6.20 Å². The molecular weight excluding hydrogens is 392 g/mol. The van der Waals surface area contributed by atoms with Gasteiger partial charge in [0.1, 0.15) is 18.0 Å². The second-order valence-electron chi connectivity index (χ2n) is 8.23. The smallest absolute Gasteiger partial charge is 0.224 e. The molecule has 1 saturated heterocycles. The summed E-state index contributed by atoms with van der Waals surface area (Å²) in [6.45, 7) is 2.23. The van der Waals surface area contributed by atoms with Crippen LogP contribution in [0, 0.1) is 0 Å². The van der Waals surface area contributed by atoms with Gasteiger partial charge in [0.15, 0.2) is 0 Å². The van der Waals surface area contributed by atoms with Crippen LogP contribution in [0.15, 0.2) is 60.9 Å². The van der Waals surface area contributed by atoms with Crippen molar-refractivity contribution < 1.29 is 14.6 Å². The Morgan fingerprint density at radius 2 is 2.03 bits per heavy atom. The number of hydrogen-bond donors (Lipinski definition) is 2. The minimum atomic E-state index is -0.548. The summed E-state index contributed by atoms with van der Waals surface area (Å²) in [7, 11) is 0. The third-order valence-electron chi connectivity index (χ3n) is 5.98. The van der Waals surface area contributed by atoms with Crippen molar-refractivity contribution in [2.75, 3.05) is 18.4 Å². The van der Waals surface area contributed by atoms with E-state index in [0.29, 0.717) is 13.0 Å². The molecule has 1 amide bonds. The molecule has 0 unspecified atom stereocenters. The fourth-order valence-corrected chi connectivity index (χ4v) is 4.30. The van der Waals surface area contributed by atoms with Crippen molar-refractivity contribution >= 4 is 11.6 Å². The highest BCUT2D eigenvalue weighted by molar-refractivity contribution is 5.94. The number of nitrogens with one attached hydrogen (secondary N) is 1. The molecule has 2 atom stereocenters. The predicted octanol–water partition coefficient (Wildman–Crippen LogP) is 2.77. The highest BCUT2D eigenvalue weighted by Gasteiger charge is 2.29. The third kappa shape index (κ3) is 4.47. The molecular formula is C24H26N4O3. The van der Waals surface area contributed by atoms with Crippen LogP contribution in [0.25, 0.3) is 5.69 Å². The fourth-order valence-electron chi connectivity index (χ4n) is 4.30. The number of carbonyl (C=O) groups is 1. The van der Waals surface area contributed by atoms with Crippen molar-refractivity contribution in [1.82, 2.24) is 14.7 Å². The number of amides is 1. The van der Waals surface area contributed by atoms with Crippen LogP contribution in [0.5, 0.6) is 5.75 Å². The zero-order valence-electron chi connectivity index (χ0n) is 17.3. The summed E-state index contributed by atoms with van der Waals surface area (Å²) < 4.78 is 7.96. The molecule has 1 fully saturated rings. The molecule has 7 nitrogen and oxygen atoms in total. The lowest BCUT2D eigenvalue weighted by molar-refractivity contribution is -0.116. The van der Waals surface area contributed by atoms with Crippen LogP contribution >= 0.6 is 0 Å². The van der Waals surface area contributed by atoms with Crippen molar-refractivity contribution in [3.05, 3.63) is 72.1 Å². The summed E-state index contributed by atoms with van der Waals surface area (Å²) in [5, 5.41) is 17.8. The Balaban J connectivity index is 1.17. The minimum absolute atomic E-state index is 0.0555. The van der Waals surface area contributed by atoms with Crippen molar-refractivity contribution in [2.24, 2.45) is 0 Å². The number of likely N-dealkylation sites (tertiary alicyclic amines) is 1. The molecule has 0 radical (unpaired) electrons. The molecule has 2 N–H and O–H groups in total. The molecule has 5 rings (SSSR count). The Kier molecular flexibility index (Phi) is 5.44. The number of β-amino-alcohol motifs (C(OH)–C–C–N with tert-alkyl or cyclic N) is 1. The molecule has 2 aliphatic heterocycles. The Hall–Kier alpha value is -3.16. The minimum Gasteiger partial charge on any atom is -0.488 e. The number of hydrogen-bond acceptors (Lipinski definition) is 5. The number of benzene rings is 2. The normalized spacial score (nSPS) is 21.4. The molecule has 7 heteroatoms. The number of ether oxygens (including phenoxy) is 1. The van der Waals surface area contributed by atoms with Crippen LogP contribution in [0.3, 0.4) is 0 Å². The van der Waals surface area contributed by atoms with Crippen molar-refractivity contribution in [2.45, 2.75) is 38.0 Å². The first-order valence-corrected chi connectivity index (χ1v) is 10.7. The lowest BCUT2D eigenvalue weighted by Gasteiger charge is -2.36. The molecule has 1 aromatic heterocycles. The highest BCUT2D eigenvalue weighted by atomic mass is 16.5. The number of aromatic nitrogens is 2. The topological polar surface area (TPSA) is 79.6 Å². The lowest BCUT2D eigenvalue weighted by atomic mass is 10.0. The molecule has 31 heavy (non-hydrogen) atoms. The summed E-state index contributed by atoms with van der Waals surface area (Å²) in [6.07, 6.45) is 4.90. The number of rotatable bonds is 5. The van der Waals surface area contributed by atoms with Gasteiger partial charge in [-0.2, -0.15) is 5.10 Å². The Labute approximate surface area is 181 Å². The number of fused-ring (bicyclic) bond motifs is 1. The first-order valence-electron chi connectivity index (χ1n) is 10.7. The van der Waals surface area contributed by atoms with Crippen LogP contribution < -0.4 is 10.1 Å². The quantitative estimate of drug-likeness (QED) is 0.666. The van der Waals surface area contributed by atoms with E-state index in [0.717, 1.165) is 48.6 Å². The maximum Gasteiger partial charge on any atom is 0.224 e. The fraction of sp³-hybridized carbons (Fsp3) is 0.333. The van der Waals surface area contributed by atoms with Crippen LogP contribution in [0.4, 0.5) is 5.69 Å². The zero-order valence-corrected chi connectivity index (χ0v) is 17.3. The van der Waals surface area contributed by atoms with Gasteiger partial charge in [0.2, 0.25) is 5.91 Å². The number of piperidine rings is 1. The number of anilines is 1. The average molecular weight is 418 g/mol. The highest BCUT2D eigenvalue weighted by Crippen LogP contribution is 2.28. The van der Waals surface area contributed by atoms with Crippen molar-refractivity contribution in [3.63, 3.8) is 0 Å². The van der Waals surface area contributed by atoms with Gasteiger partial charge in [0, 0.05) is 44.1 Å². The van der Waals surface area contributed by atoms with Gasteiger partial charge in [-0.1, -0.05) is 12.1 Å². The van der Waals surface area contributed by atoms with E-state index in [4.69, 9.17) is 4.74 Å². The van der Waals surface area contributed by atoms with E-state index in [1.807, 2.05) is 35.1 Å². The molecule has 3 heterocycles. The molecule has 0 saturated carbocycles. The molecule has 160 valence electrons. The number of carbonyl (C=O) groups excluding carboxylic acids is 1. The summed E-state index contributed by atoms with van der Waals surface area (Å²) in [4.78, 5) is 13.8. The van der Waals surface area contributed by atoms with Gasteiger partial charge in [-0.3, -0.25) is 9.69 Å². The first-order chi connectivity index (χ1) is 15.1. The Morgan fingerprint density at radius 1 is 1.16 bits per heavy atom. The van der Waals surface area contributed by atoms with E-state index in [9.17, 15) is 9.90 Å². The molecule has 0 bridgehead atoms. The van der Waals surface area contributed by atoms with E-state index >= 15 is 0 Å². The summed E-state index contributed by atoms with van der Waals surface area (Å²) in [5.74, 6) is 0.807. The van der Waals surface area contributed by atoms with E-state index in [-0.39, 0.29) is 12.0 Å². The number of nitrogens with zero attached hydrogens (tertiary/aromatic N) is 3. The standard InChI is InChI=1S/C24H26N4O3/c29-22-16-27(15-17-2-5-19(6-3-17)28-12-1-11-25-28)13-10-23(22)31-20-7-8-21-18(14-20)4-9-24(30)26-21/h1-3,5-8,11-12,14,22-23,29H,4,9-10,13,15-16H2,(H,26,30)/t22-,23-/m1/s1. The summed E-state index contributed by atoms with van der Waals surface area (Å²) in [5.41, 5.74) is 4.19. The molecule has 3 aromatic rings. The second kappa shape index (κ2) is 8.53. The second-order valence-corrected chi connectivity index (χ2v) is 8.23. The number of aryl methyl sites for hydroxylation is 1. The van der Waals surface area contributed by atoms with Gasteiger partial charge in [0.05, 0.1) is 5.69 Å². The van der Waals surface area contributed by atoms with E-state index in [1.165, 1.54) is 5.56 Å². The van der Waals surface area contributed by atoms with E-state index in [2.05, 4.69) is 39.6 Å². The van der Waals surface area contributed by atoms with Gasteiger partial charge >= 0.3 is 0 Å². The Bertz CT molecular complexity index is 1050. The SMILES string of the molecule is O=C1CCc2cc(O[C@@H]3CCN(Cc4ccc(-n5cccn5)cc4)C[C@H]3O)ccc2N1. The van der Waals surface area contributed by atoms with Crippen molar-refractivity contribution in [1.29, 1.82) is 0 Å². The van der Waals surface area contributed by atoms with Gasteiger partial charge < -0.3 is 15.2 Å². The maximum atomic E-state index is 11.5. The molecule has 0 aliphatic carbocycles. The van der Waals surface area contributed by atoms with E-state index < -0.39 is 6.10 Å². The molecule has 0 spiro atoms. The molecule has 2 aromatic carbocycles. The number of aliphatic hydroxyl groups is 1. The summed E-state index contributed by atoms with van der Waals surface area (Å²) in [6, 6.07) is 16.0. The van der Waals surface area contributed by atoms with Crippen LogP contribution in [-0.4, -0.2) is 51.0 Å². The Morgan fingerprint density at radius 3 is 2.81 bits per heavy atom. The monoisotopic (exact) mass is 418 g/mol. The average Bonchev–Trinajstić information content (AvgIpc) is 3.31. The zero-order chi connectivity index (χ0) is 21.2. The predicted molar refractivity (Wildman–Crippen MR) is 117 cm³/mol. The largest absolute Gasteiger partial charge is 0.488 e. The van der Waals surface area contributed by atoms with Gasteiger partial charge in [0.25, 0.3) is 0 Å². The van der Waals surface area contributed by atoms with Crippen LogP contribution in [0.2, 0.25) is 0 Å². The molecule has 2 aliphatic rings. The van der Waals surface area contributed by atoms with Crippen LogP contribution in [0.1, 0.15) is 24.0 Å². The van der Waals surface area contributed by atoms with Gasteiger partial charge in [-0.25, -0.2) is 4.68 Å². The summed E-state index contributed by atoms with van der Waals surface area (Å²) >= 11 is 0. The number of aliphatic hydroxyl groups excluding tert-OH is 1. The van der Waals surface area contributed by atoms with Gasteiger partial charge in [-0.05, 0) is 60.4 Å². The third-order valence-corrected chi connectivity index (χ3v) is 5.98. The van der Waals surface area contributed by atoms with Gasteiger partial charge in [-0.15, -0.1) is 0 Å². The van der Waals surface area contributed by atoms with Crippen LogP contribution in [-0.2, 0) is 17.8 Å². The first kappa shape index (κ1) is 19.8. The lowest BCUT2D eigenvalue weighted by Crippen LogP contribution is -2.48.